The summed E-state index contributed by atoms with van der Waals surface area (Å²) in [6, 6.07) is 5.47. The summed E-state index contributed by atoms with van der Waals surface area (Å²) < 4.78 is 32.6. The molecule has 3 aromatic rings. The number of aromatic nitrogens is 4. The van der Waals surface area contributed by atoms with Gasteiger partial charge in [-0.3, -0.25) is 0 Å². The quantitative estimate of drug-likeness (QED) is 0.537. The third-order valence-corrected chi connectivity index (χ3v) is 6.28. The van der Waals surface area contributed by atoms with Gasteiger partial charge >= 0.3 is 0 Å². The molecule has 5 atom stereocenters. The second-order valence-electron chi connectivity index (χ2n) is 9.43. The molecular weight excluding hydrogens is 467 g/mol. The number of halogens is 2. The van der Waals surface area contributed by atoms with Gasteiger partial charge in [0.25, 0.3) is 0 Å². The van der Waals surface area contributed by atoms with Crippen LogP contribution in [-0.4, -0.2) is 68.5 Å². The maximum atomic E-state index is 13.9. The first kappa shape index (κ1) is 24.7. The number of hydrogen-bond donors (Lipinski definition) is 2. The molecule has 9 nitrogen and oxygen atoms in total. The summed E-state index contributed by atoms with van der Waals surface area (Å²) in [5.74, 6) is 0.163. The van der Waals surface area contributed by atoms with Crippen LogP contribution in [0.4, 0.5) is 4.39 Å². The second-order valence-corrected chi connectivity index (χ2v) is 9.83. The van der Waals surface area contributed by atoms with E-state index >= 15 is 0 Å². The number of benzene rings is 1. The number of aliphatic hydroxyl groups excluding tert-OH is 2. The van der Waals surface area contributed by atoms with Gasteiger partial charge in [0.15, 0.2) is 0 Å². The largest absolute Gasteiger partial charge is 0.394 e. The molecule has 1 fully saturated rings. The van der Waals surface area contributed by atoms with Gasteiger partial charge in [-0.25, -0.2) is 9.07 Å². The van der Waals surface area contributed by atoms with E-state index in [4.69, 9.17) is 25.6 Å². The smallest absolute Gasteiger partial charge is 0.142 e. The molecule has 4 rings (SSSR count). The molecule has 1 aromatic carbocycles. The van der Waals surface area contributed by atoms with Crippen molar-refractivity contribution in [2.24, 2.45) is 0 Å². The fourth-order valence-electron chi connectivity index (χ4n) is 4.11. The first-order valence-corrected chi connectivity index (χ1v) is 11.3. The maximum absolute atomic E-state index is 13.9. The van der Waals surface area contributed by atoms with Gasteiger partial charge in [-0.1, -0.05) is 48.8 Å². The molecule has 0 bridgehead atoms. The van der Waals surface area contributed by atoms with Gasteiger partial charge in [0.05, 0.1) is 29.6 Å². The number of aliphatic hydroxyl groups is 2. The first-order chi connectivity index (χ1) is 16.1. The van der Waals surface area contributed by atoms with Gasteiger partial charge in [-0.2, -0.15) is 0 Å². The van der Waals surface area contributed by atoms with E-state index in [1.165, 1.54) is 23.9 Å². The van der Waals surface area contributed by atoms with E-state index < -0.39 is 42.9 Å². The van der Waals surface area contributed by atoms with Crippen LogP contribution in [0.3, 0.4) is 0 Å². The lowest BCUT2D eigenvalue weighted by Crippen LogP contribution is -2.57. The Labute approximate surface area is 201 Å². The van der Waals surface area contributed by atoms with Crippen LogP contribution >= 0.6 is 11.6 Å². The lowest BCUT2D eigenvalue weighted by molar-refractivity contribution is -0.212. The number of hydrogen-bond acceptors (Lipinski definition) is 8. The Morgan fingerprint density at radius 1 is 1.24 bits per heavy atom. The highest BCUT2D eigenvalue weighted by atomic mass is 35.5. The average molecular weight is 495 g/mol. The van der Waals surface area contributed by atoms with E-state index in [2.05, 4.69) is 15.5 Å². The molecule has 11 heteroatoms. The van der Waals surface area contributed by atoms with Gasteiger partial charge in [0.1, 0.15) is 41.6 Å². The summed E-state index contributed by atoms with van der Waals surface area (Å²) in [7, 11) is 1.51. The third kappa shape index (κ3) is 4.87. The lowest BCUT2D eigenvalue weighted by atomic mass is 9.89. The lowest BCUT2D eigenvalue weighted by Gasteiger charge is -2.43. The van der Waals surface area contributed by atoms with Crippen molar-refractivity contribution in [1.29, 1.82) is 0 Å². The third-order valence-electron chi connectivity index (χ3n) is 5.98. The minimum Gasteiger partial charge on any atom is -0.394 e. The van der Waals surface area contributed by atoms with Crippen molar-refractivity contribution < 1.29 is 28.6 Å². The molecule has 1 aliphatic rings. The molecular formula is C23H28ClFN4O5. The Bertz CT molecular complexity index is 1130. The second kappa shape index (κ2) is 9.71. The number of ether oxygens (including phenoxy) is 2. The predicted molar refractivity (Wildman–Crippen MR) is 121 cm³/mol. The van der Waals surface area contributed by atoms with Crippen molar-refractivity contribution in [2.75, 3.05) is 13.7 Å². The molecule has 0 unspecified atom stereocenters. The molecule has 2 aromatic heterocycles. The highest BCUT2D eigenvalue weighted by Gasteiger charge is 2.47. The standard InChI is InChI=1S/C23H28ClFN4O5/c1-23(2,3)19-9-13(27-34-19)8-17-22(32-4)20(21(31)18(11-30)33-17)29-10-16(26-28-29)12-5-6-14(24)15(25)7-12/h5-7,9-10,17-18,20-22,30-31H,8,11H2,1-4H3/t17-,18-,20+,21+,22+/m1/s1. The zero-order chi connectivity index (χ0) is 24.6. The Morgan fingerprint density at radius 2 is 2.00 bits per heavy atom. The van der Waals surface area contributed by atoms with Gasteiger partial charge in [0.2, 0.25) is 0 Å². The van der Waals surface area contributed by atoms with Crippen molar-refractivity contribution in [3.63, 3.8) is 0 Å². The number of nitrogens with zero attached hydrogens (tertiary/aromatic N) is 4. The molecule has 3 heterocycles. The van der Waals surface area contributed by atoms with Gasteiger partial charge in [-0.05, 0) is 12.1 Å². The van der Waals surface area contributed by atoms with Crippen LogP contribution in [-0.2, 0) is 21.3 Å². The Hall–Kier alpha value is -2.37. The van der Waals surface area contributed by atoms with Crippen LogP contribution in [0.2, 0.25) is 5.02 Å². The van der Waals surface area contributed by atoms with E-state index in [9.17, 15) is 14.6 Å². The predicted octanol–water partition coefficient (Wildman–Crippen LogP) is 2.94. The molecule has 0 spiro atoms. The molecule has 0 saturated carbocycles. The fraction of sp³-hybridized carbons (Fsp3) is 0.522. The van der Waals surface area contributed by atoms with Crippen LogP contribution in [0.1, 0.15) is 38.3 Å². The van der Waals surface area contributed by atoms with Crippen molar-refractivity contribution in [1.82, 2.24) is 20.2 Å². The van der Waals surface area contributed by atoms with Crippen molar-refractivity contribution in [3.8, 4) is 11.3 Å². The SMILES string of the molecule is CO[C@@H]1[C@@H](n2cc(-c3ccc(Cl)c(F)c3)nn2)[C@@H](O)[C@@H](CO)O[C@@H]1Cc1cc(C(C)(C)C)on1. The molecule has 0 radical (unpaired) electrons. The zero-order valence-electron chi connectivity index (χ0n) is 19.4. The van der Waals surface area contributed by atoms with E-state index in [1.54, 1.807) is 12.3 Å². The number of rotatable bonds is 6. The molecule has 1 aliphatic heterocycles. The van der Waals surface area contributed by atoms with Gasteiger partial charge in [0, 0.05) is 30.6 Å². The van der Waals surface area contributed by atoms with Gasteiger partial charge < -0.3 is 24.2 Å². The summed E-state index contributed by atoms with van der Waals surface area (Å²) >= 11 is 5.78. The van der Waals surface area contributed by atoms with E-state index in [0.717, 1.165) is 5.76 Å². The summed E-state index contributed by atoms with van der Waals surface area (Å²) in [5.41, 5.74) is 1.34. The van der Waals surface area contributed by atoms with Crippen molar-refractivity contribution in [2.45, 2.75) is 63.1 Å². The summed E-state index contributed by atoms with van der Waals surface area (Å²) in [4.78, 5) is 0. The fourth-order valence-corrected chi connectivity index (χ4v) is 4.23. The minimum absolute atomic E-state index is 0.00606. The Balaban J connectivity index is 1.63. The number of methoxy groups -OCH3 is 1. The molecule has 0 aliphatic carbocycles. The van der Waals surface area contributed by atoms with Crippen molar-refractivity contribution >= 4 is 11.6 Å². The minimum atomic E-state index is -1.13. The topological polar surface area (TPSA) is 116 Å². The Morgan fingerprint density at radius 3 is 2.62 bits per heavy atom. The van der Waals surface area contributed by atoms with Crippen LogP contribution in [0.25, 0.3) is 11.3 Å². The average Bonchev–Trinajstić information content (AvgIpc) is 3.46. The first-order valence-electron chi connectivity index (χ1n) is 10.9. The van der Waals surface area contributed by atoms with E-state index in [-0.39, 0.29) is 10.4 Å². The van der Waals surface area contributed by atoms with Crippen LogP contribution < -0.4 is 0 Å². The van der Waals surface area contributed by atoms with Crippen LogP contribution in [0.5, 0.6) is 0 Å². The molecule has 2 N–H and O–H groups in total. The normalized spacial score (nSPS) is 25.6. The molecule has 0 amide bonds. The van der Waals surface area contributed by atoms with Crippen LogP contribution in [0.15, 0.2) is 35.0 Å². The summed E-state index contributed by atoms with van der Waals surface area (Å²) in [6.07, 6.45) is -1.30. The molecule has 184 valence electrons. The molecule has 34 heavy (non-hydrogen) atoms. The van der Waals surface area contributed by atoms with Crippen molar-refractivity contribution in [3.05, 3.63) is 52.8 Å². The summed E-state index contributed by atoms with van der Waals surface area (Å²) in [6.45, 7) is 5.67. The molecule has 1 saturated heterocycles. The van der Waals surface area contributed by atoms with Gasteiger partial charge in [-0.15, -0.1) is 5.10 Å². The van der Waals surface area contributed by atoms with E-state index in [1.807, 2.05) is 26.8 Å². The highest BCUT2D eigenvalue weighted by Crippen LogP contribution is 2.34. The van der Waals surface area contributed by atoms with Crippen LogP contribution in [0, 0.1) is 5.82 Å². The highest BCUT2D eigenvalue weighted by molar-refractivity contribution is 6.30. The van der Waals surface area contributed by atoms with E-state index in [0.29, 0.717) is 23.4 Å². The Kier molecular flexibility index (Phi) is 7.07. The maximum Gasteiger partial charge on any atom is 0.142 e. The summed E-state index contributed by atoms with van der Waals surface area (Å²) in [5, 5.41) is 33.3. The zero-order valence-corrected chi connectivity index (χ0v) is 20.1. The monoisotopic (exact) mass is 494 g/mol.